The number of hydrogen-bond acceptors (Lipinski definition) is 5. The first-order chi connectivity index (χ1) is 9.73. The molecule has 1 atom stereocenters. The molecule has 0 aliphatic rings. The molecule has 6 heteroatoms. The minimum Gasteiger partial charge on any atom is -0.493 e. The first kappa shape index (κ1) is 16.9. The number of rotatable bonds is 10. The van der Waals surface area contributed by atoms with E-state index in [2.05, 4.69) is 17.3 Å². The normalized spacial score (nSPS) is 12.9. The van der Waals surface area contributed by atoms with Crippen molar-refractivity contribution < 1.29 is 14.2 Å². The van der Waals surface area contributed by atoms with Gasteiger partial charge in [-0.25, -0.2) is 0 Å². The van der Waals surface area contributed by atoms with Gasteiger partial charge >= 0.3 is 0 Å². The van der Waals surface area contributed by atoms with Crippen LogP contribution in [0.15, 0.2) is 6.20 Å². The maximum absolute atomic E-state index is 5.71. The van der Waals surface area contributed by atoms with Gasteiger partial charge < -0.3 is 19.5 Å². The van der Waals surface area contributed by atoms with E-state index in [0.29, 0.717) is 13.2 Å². The molecule has 0 aliphatic carbocycles. The van der Waals surface area contributed by atoms with Crippen molar-refractivity contribution in [1.82, 2.24) is 15.1 Å². The second-order valence-electron chi connectivity index (χ2n) is 4.37. The molecular formula is C14H27N3O3. The van der Waals surface area contributed by atoms with Crippen LogP contribution in [0.25, 0.3) is 0 Å². The number of ether oxygens (including phenoxy) is 3. The van der Waals surface area contributed by atoms with E-state index in [1.54, 1.807) is 13.3 Å². The lowest BCUT2D eigenvalue weighted by atomic mass is 10.1. The van der Waals surface area contributed by atoms with E-state index in [1.165, 1.54) is 0 Å². The van der Waals surface area contributed by atoms with E-state index in [-0.39, 0.29) is 12.3 Å². The molecule has 0 amide bonds. The molecule has 1 aromatic rings. The van der Waals surface area contributed by atoms with Gasteiger partial charge in [-0.1, -0.05) is 6.92 Å². The second-order valence-corrected chi connectivity index (χ2v) is 4.37. The van der Waals surface area contributed by atoms with Crippen LogP contribution in [-0.2, 0) is 16.0 Å². The van der Waals surface area contributed by atoms with Gasteiger partial charge in [0, 0.05) is 19.8 Å². The predicted octanol–water partition coefficient (Wildman–Crippen LogP) is 1.96. The van der Waals surface area contributed by atoms with Gasteiger partial charge in [-0.2, -0.15) is 5.10 Å². The van der Waals surface area contributed by atoms with Gasteiger partial charge in [0.15, 0.2) is 12.0 Å². The summed E-state index contributed by atoms with van der Waals surface area (Å²) in [6.07, 6.45) is 2.38. The van der Waals surface area contributed by atoms with E-state index >= 15 is 0 Å². The Balaban J connectivity index is 3.10. The van der Waals surface area contributed by atoms with E-state index < -0.39 is 0 Å². The molecular weight excluding hydrogens is 258 g/mol. The Hall–Kier alpha value is -1.11. The summed E-state index contributed by atoms with van der Waals surface area (Å²) >= 11 is 0. The number of hydrogen-bond donors (Lipinski definition) is 1. The molecule has 6 nitrogen and oxygen atoms in total. The molecule has 0 saturated carbocycles. The molecule has 1 aromatic heterocycles. The van der Waals surface area contributed by atoms with E-state index in [9.17, 15) is 0 Å². The highest BCUT2D eigenvalue weighted by atomic mass is 16.7. The summed E-state index contributed by atoms with van der Waals surface area (Å²) in [4.78, 5) is 0. The lowest BCUT2D eigenvalue weighted by Gasteiger charge is -2.27. The van der Waals surface area contributed by atoms with Crippen LogP contribution in [0.5, 0.6) is 5.75 Å². The molecule has 0 saturated heterocycles. The topological polar surface area (TPSA) is 57.5 Å². The fourth-order valence-corrected chi connectivity index (χ4v) is 2.21. The van der Waals surface area contributed by atoms with Crippen LogP contribution < -0.4 is 10.1 Å². The Morgan fingerprint density at radius 2 is 1.90 bits per heavy atom. The Morgan fingerprint density at radius 1 is 1.25 bits per heavy atom. The smallest absolute Gasteiger partial charge is 0.178 e. The van der Waals surface area contributed by atoms with Crippen LogP contribution in [-0.4, -0.2) is 43.4 Å². The van der Waals surface area contributed by atoms with E-state index in [4.69, 9.17) is 14.2 Å². The number of likely N-dealkylation sites (N-methyl/N-ethyl adjacent to an activating group) is 1. The summed E-state index contributed by atoms with van der Waals surface area (Å²) in [6.45, 7) is 8.05. The van der Waals surface area contributed by atoms with Gasteiger partial charge in [0.2, 0.25) is 0 Å². The number of aromatic nitrogens is 2. The van der Waals surface area contributed by atoms with Crippen LogP contribution in [0.2, 0.25) is 0 Å². The molecule has 0 spiro atoms. The van der Waals surface area contributed by atoms with Crippen molar-refractivity contribution >= 4 is 0 Å². The van der Waals surface area contributed by atoms with Crippen molar-refractivity contribution in [3.8, 4) is 5.75 Å². The fourth-order valence-electron chi connectivity index (χ4n) is 2.21. The van der Waals surface area contributed by atoms with Gasteiger partial charge in [-0.05, 0) is 27.3 Å². The third-order valence-corrected chi connectivity index (χ3v) is 3.04. The van der Waals surface area contributed by atoms with Crippen molar-refractivity contribution in [2.75, 3.05) is 27.4 Å². The molecule has 0 radical (unpaired) electrons. The number of nitrogens with zero attached hydrogens (tertiary/aromatic N) is 2. The third kappa shape index (κ3) is 3.94. The SMILES string of the molecule is CCCn1ncc(OC)c1C(NC)C(OCC)OCC. The lowest BCUT2D eigenvalue weighted by Crippen LogP contribution is -2.36. The van der Waals surface area contributed by atoms with Gasteiger partial charge in [0.05, 0.1) is 13.3 Å². The highest BCUT2D eigenvalue weighted by Gasteiger charge is 2.29. The maximum Gasteiger partial charge on any atom is 0.178 e. The van der Waals surface area contributed by atoms with Crippen molar-refractivity contribution in [2.24, 2.45) is 0 Å². The number of methoxy groups -OCH3 is 1. The van der Waals surface area contributed by atoms with Crippen LogP contribution in [0.1, 0.15) is 38.9 Å². The molecule has 0 bridgehead atoms. The minimum atomic E-state index is -0.365. The molecule has 116 valence electrons. The van der Waals surface area contributed by atoms with E-state index in [1.807, 2.05) is 25.6 Å². The standard InChI is InChI=1S/C14H27N3O3/c1-6-9-17-13(11(18-5)10-16-17)12(15-4)14(19-7-2)20-8-3/h10,12,14-15H,6-9H2,1-5H3. The molecule has 0 fully saturated rings. The quantitative estimate of drug-likeness (QED) is 0.666. The zero-order valence-electron chi connectivity index (χ0n) is 13.2. The summed E-state index contributed by atoms with van der Waals surface area (Å²) in [6, 6.07) is -0.126. The largest absolute Gasteiger partial charge is 0.493 e. The van der Waals surface area contributed by atoms with E-state index in [0.717, 1.165) is 24.4 Å². The van der Waals surface area contributed by atoms with Crippen molar-refractivity contribution in [3.05, 3.63) is 11.9 Å². The highest BCUT2D eigenvalue weighted by molar-refractivity contribution is 5.29. The average Bonchev–Trinajstić information content (AvgIpc) is 2.84. The zero-order valence-corrected chi connectivity index (χ0v) is 13.2. The van der Waals surface area contributed by atoms with Gasteiger partial charge in [-0.15, -0.1) is 0 Å². The molecule has 0 aliphatic heterocycles. The predicted molar refractivity (Wildman–Crippen MR) is 77.9 cm³/mol. The monoisotopic (exact) mass is 285 g/mol. The van der Waals surface area contributed by atoms with Crippen molar-refractivity contribution in [3.63, 3.8) is 0 Å². The Labute approximate surface area is 121 Å². The van der Waals surface area contributed by atoms with Crippen LogP contribution in [0.4, 0.5) is 0 Å². The molecule has 1 heterocycles. The minimum absolute atomic E-state index is 0.126. The third-order valence-electron chi connectivity index (χ3n) is 3.04. The molecule has 1 rings (SSSR count). The van der Waals surface area contributed by atoms with Crippen molar-refractivity contribution in [1.29, 1.82) is 0 Å². The molecule has 1 N–H and O–H groups in total. The van der Waals surface area contributed by atoms with Crippen LogP contribution in [0, 0.1) is 0 Å². The van der Waals surface area contributed by atoms with Gasteiger partial charge in [0.25, 0.3) is 0 Å². The van der Waals surface area contributed by atoms with Crippen molar-refractivity contribution in [2.45, 2.75) is 46.1 Å². The summed E-state index contributed by atoms with van der Waals surface area (Å²) in [7, 11) is 3.54. The summed E-state index contributed by atoms with van der Waals surface area (Å²) in [5, 5.41) is 7.65. The molecule has 1 unspecified atom stereocenters. The molecule has 20 heavy (non-hydrogen) atoms. The zero-order chi connectivity index (χ0) is 15.0. The maximum atomic E-state index is 5.71. The number of aryl methyl sites for hydroxylation is 1. The number of nitrogens with one attached hydrogen (secondary N) is 1. The first-order valence-corrected chi connectivity index (χ1v) is 7.23. The Bertz CT molecular complexity index is 376. The first-order valence-electron chi connectivity index (χ1n) is 7.23. The fraction of sp³-hybridized carbons (Fsp3) is 0.786. The van der Waals surface area contributed by atoms with Crippen LogP contribution in [0.3, 0.4) is 0 Å². The van der Waals surface area contributed by atoms with Crippen LogP contribution >= 0.6 is 0 Å². The van der Waals surface area contributed by atoms with Gasteiger partial charge in [0.1, 0.15) is 11.7 Å². The highest BCUT2D eigenvalue weighted by Crippen LogP contribution is 2.29. The lowest BCUT2D eigenvalue weighted by molar-refractivity contribution is -0.155. The van der Waals surface area contributed by atoms with Gasteiger partial charge in [-0.3, -0.25) is 4.68 Å². The summed E-state index contributed by atoms with van der Waals surface area (Å²) in [5.74, 6) is 0.752. The Morgan fingerprint density at radius 3 is 2.35 bits per heavy atom. The average molecular weight is 285 g/mol. The second kappa shape index (κ2) is 8.94. The molecule has 0 aromatic carbocycles. The summed E-state index contributed by atoms with van der Waals surface area (Å²) in [5.41, 5.74) is 0.962. The summed E-state index contributed by atoms with van der Waals surface area (Å²) < 4.78 is 18.8. The Kier molecular flexibility index (Phi) is 7.58.